The van der Waals surface area contributed by atoms with E-state index in [1.54, 1.807) is 17.8 Å². The van der Waals surface area contributed by atoms with Gasteiger partial charge < -0.3 is 9.40 Å². The van der Waals surface area contributed by atoms with Crippen LogP contribution in [0.2, 0.25) is 0 Å². The number of thioether (sulfide) groups is 1. The highest BCUT2D eigenvalue weighted by Crippen LogP contribution is 2.32. The largest absolute Gasteiger partial charge is 0.341 e. The van der Waals surface area contributed by atoms with Crippen LogP contribution in [0.25, 0.3) is 21.8 Å². The zero-order valence-corrected chi connectivity index (χ0v) is 25.9. The number of hydrogen-bond acceptors (Lipinski definition) is 6. The maximum Gasteiger partial charge on any atom is 0.331 e. The molecule has 0 amide bonds. The Hall–Kier alpha value is -4.49. The second-order valence-electron chi connectivity index (χ2n) is 10.7. The second kappa shape index (κ2) is 12.8. The van der Waals surface area contributed by atoms with Gasteiger partial charge in [-0.1, -0.05) is 47.6 Å². The standard InChI is InChI=1S/C36H34N2O4S/c1-6-38-33-16-14-26(35(40)28-13-8-7-10-22(28)2)18-29(33)30-19-27(15-17-34(30)38)36(41)32(37-42-25(5)39)21-43-20-31-23(3)11-9-12-24(31)4/h7-19H,6,20-21H2,1-5H3. The molecule has 0 atom stereocenters. The van der Waals surface area contributed by atoms with Gasteiger partial charge in [-0.05, 0) is 86.3 Å². The van der Waals surface area contributed by atoms with E-state index >= 15 is 0 Å². The summed E-state index contributed by atoms with van der Waals surface area (Å²) in [5.41, 5.74) is 8.35. The van der Waals surface area contributed by atoms with Crippen molar-refractivity contribution < 1.29 is 19.2 Å². The predicted molar refractivity (Wildman–Crippen MR) is 175 cm³/mol. The van der Waals surface area contributed by atoms with Crippen LogP contribution in [0.5, 0.6) is 0 Å². The highest BCUT2D eigenvalue weighted by molar-refractivity contribution is 7.99. The van der Waals surface area contributed by atoms with E-state index < -0.39 is 5.97 Å². The number of fused-ring (bicyclic) bond motifs is 3. The first-order valence-corrected chi connectivity index (χ1v) is 15.4. The normalized spacial score (nSPS) is 11.7. The summed E-state index contributed by atoms with van der Waals surface area (Å²) in [5, 5.41) is 5.73. The zero-order chi connectivity index (χ0) is 30.7. The smallest absolute Gasteiger partial charge is 0.331 e. The number of aromatic nitrogens is 1. The molecule has 218 valence electrons. The maximum atomic E-state index is 13.8. The Kier molecular flexibility index (Phi) is 8.92. The van der Waals surface area contributed by atoms with Crippen LogP contribution >= 0.6 is 11.8 Å². The first-order valence-electron chi connectivity index (χ1n) is 14.3. The second-order valence-corrected chi connectivity index (χ2v) is 11.7. The summed E-state index contributed by atoms with van der Waals surface area (Å²) in [5.74, 6) is 0.0513. The molecule has 1 aromatic heterocycles. The number of aryl methyl sites for hydroxylation is 4. The Morgan fingerprint density at radius 3 is 2.02 bits per heavy atom. The third kappa shape index (κ3) is 6.18. The molecule has 43 heavy (non-hydrogen) atoms. The van der Waals surface area contributed by atoms with Gasteiger partial charge in [0.2, 0.25) is 5.78 Å². The molecule has 6 nitrogen and oxygen atoms in total. The molecule has 0 bridgehead atoms. The minimum absolute atomic E-state index is 0.0404. The molecule has 4 aromatic carbocycles. The Morgan fingerprint density at radius 1 is 0.791 bits per heavy atom. The van der Waals surface area contributed by atoms with Gasteiger partial charge in [-0.2, -0.15) is 11.8 Å². The van der Waals surface area contributed by atoms with Crippen LogP contribution in [-0.4, -0.2) is 33.6 Å². The molecule has 0 spiro atoms. The van der Waals surface area contributed by atoms with E-state index in [4.69, 9.17) is 4.84 Å². The molecule has 0 radical (unpaired) electrons. The number of Topliss-reactive ketones (excluding diaryl/α,β-unsaturated/α-hetero) is 1. The molecule has 0 fully saturated rings. The number of carbonyl (C=O) groups is 3. The molecule has 0 N–H and O–H groups in total. The van der Waals surface area contributed by atoms with Crippen LogP contribution < -0.4 is 0 Å². The van der Waals surface area contributed by atoms with E-state index in [-0.39, 0.29) is 23.0 Å². The van der Waals surface area contributed by atoms with Crippen molar-refractivity contribution >= 4 is 56.8 Å². The van der Waals surface area contributed by atoms with E-state index in [1.807, 2.05) is 67.6 Å². The quantitative estimate of drug-likeness (QED) is 0.0713. The monoisotopic (exact) mass is 590 g/mol. The van der Waals surface area contributed by atoms with Crippen molar-refractivity contribution in [3.63, 3.8) is 0 Å². The van der Waals surface area contributed by atoms with E-state index in [9.17, 15) is 14.4 Å². The van der Waals surface area contributed by atoms with E-state index in [0.29, 0.717) is 22.4 Å². The highest BCUT2D eigenvalue weighted by Gasteiger charge is 2.20. The lowest BCUT2D eigenvalue weighted by molar-refractivity contribution is -0.140. The summed E-state index contributed by atoms with van der Waals surface area (Å²) in [6.07, 6.45) is 0. The fourth-order valence-electron chi connectivity index (χ4n) is 5.46. The van der Waals surface area contributed by atoms with Gasteiger partial charge in [0.15, 0.2) is 5.78 Å². The number of hydrogen-bond donors (Lipinski definition) is 0. The van der Waals surface area contributed by atoms with Crippen molar-refractivity contribution in [2.45, 2.75) is 46.9 Å². The molecule has 0 unspecified atom stereocenters. The minimum Gasteiger partial charge on any atom is -0.341 e. The van der Waals surface area contributed by atoms with E-state index in [0.717, 1.165) is 33.9 Å². The lowest BCUT2D eigenvalue weighted by Gasteiger charge is -2.10. The van der Waals surface area contributed by atoms with Gasteiger partial charge in [0.25, 0.3) is 0 Å². The number of oxime groups is 1. The maximum absolute atomic E-state index is 13.8. The summed E-state index contributed by atoms with van der Waals surface area (Å²) < 4.78 is 2.18. The Labute approximate surface area is 255 Å². The van der Waals surface area contributed by atoms with Gasteiger partial charge in [0.05, 0.1) is 0 Å². The average Bonchev–Trinajstić information content (AvgIpc) is 3.31. The first kappa shape index (κ1) is 30.0. The summed E-state index contributed by atoms with van der Waals surface area (Å²) in [7, 11) is 0. The van der Waals surface area contributed by atoms with E-state index in [1.165, 1.54) is 23.6 Å². The van der Waals surface area contributed by atoms with Crippen LogP contribution in [0.1, 0.15) is 62.4 Å². The molecule has 5 aromatic rings. The van der Waals surface area contributed by atoms with Crippen LogP contribution in [0.15, 0.2) is 84.0 Å². The third-order valence-corrected chi connectivity index (χ3v) is 8.74. The molecule has 5 rings (SSSR count). The molecule has 1 heterocycles. The average molecular weight is 591 g/mol. The summed E-state index contributed by atoms with van der Waals surface area (Å²) in [6, 6.07) is 25.1. The van der Waals surface area contributed by atoms with Gasteiger partial charge >= 0.3 is 5.97 Å². The Balaban J connectivity index is 1.51. The van der Waals surface area contributed by atoms with Crippen molar-refractivity contribution in [1.82, 2.24) is 4.57 Å². The van der Waals surface area contributed by atoms with E-state index in [2.05, 4.69) is 42.6 Å². The van der Waals surface area contributed by atoms with Crippen LogP contribution in [0, 0.1) is 20.8 Å². The molecule has 0 aliphatic carbocycles. The van der Waals surface area contributed by atoms with Crippen molar-refractivity contribution in [1.29, 1.82) is 0 Å². The van der Waals surface area contributed by atoms with Crippen LogP contribution in [-0.2, 0) is 21.9 Å². The molecule has 0 saturated carbocycles. The Bertz CT molecular complexity index is 1900. The van der Waals surface area contributed by atoms with Gasteiger partial charge in [-0.3, -0.25) is 9.59 Å². The molecule has 7 heteroatoms. The molecule has 0 aliphatic heterocycles. The summed E-state index contributed by atoms with van der Waals surface area (Å²) in [6.45, 7) is 10.1. The van der Waals surface area contributed by atoms with Gasteiger partial charge in [0, 0.05) is 63.5 Å². The van der Waals surface area contributed by atoms with Gasteiger partial charge in [0.1, 0.15) is 5.71 Å². The number of benzene rings is 4. The van der Waals surface area contributed by atoms with Crippen LogP contribution in [0.3, 0.4) is 0 Å². The number of nitrogens with zero attached hydrogens (tertiary/aromatic N) is 2. The molecular weight excluding hydrogens is 556 g/mol. The SMILES string of the molecule is CCn1c2ccc(C(=O)C(CSCc3c(C)cccc3C)=NOC(C)=O)cc2c2cc(C(=O)c3ccccc3C)ccc21. The third-order valence-electron chi connectivity index (χ3n) is 7.77. The van der Waals surface area contributed by atoms with Gasteiger partial charge in [-0.15, -0.1) is 0 Å². The zero-order valence-electron chi connectivity index (χ0n) is 25.1. The van der Waals surface area contributed by atoms with Crippen LogP contribution in [0.4, 0.5) is 0 Å². The number of carbonyl (C=O) groups excluding carboxylic acids is 3. The van der Waals surface area contributed by atoms with Crippen molar-refractivity contribution in [2.75, 3.05) is 5.75 Å². The fourth-order valence-corrected chi connectivity index (χ4v) is 6.59. The lowest BCUT2D eigenvalue weighted by atomic mass is 9.97. The Morgan fingerprint density at radius 2 is 1.40 bits per heavy atom. The predicted octanol–water partition coefficient (Wildman–Crippen LogP) is 8.01. The van der Waals surface area contributed by atoms with Crippen molar-refractivity contribution in [3.05, 3.63) is 118 Å². The lowest BCUT2D eigenvalue weighted by Crippen LogP contribution is -2.18. The topological polar surface area (TPSA) is 77.7 Å². The molecule has 0 saturated heterocycles. The molecular formula is C36H34N2O4S. The minimum atomic E-state index is -0.586. The van der Waals surface area contributed by atoms with Crippen molar-refractivity contribution in [3.8, 4) is 0 Å². The fraction of sp³-hybridized carbons (Fsp3) is 0.222. The summed E-state index contributed by atoms with van der Waals surface area (Å²) >= 11 is 1.55. The molecule has 0 aliphatic rings. The number of rotatable bonds is 10. The number of ketones is 2. The highest BCUT2D eigenvalue weighted by atomic mass is 32.2. The van der Waals surface area contributed by atoms with Crippen molar-refractivity contribution in [2.24, 2.45) is 5.16 Å². The summed E-state index contributed by atoms with van der Waals surface area (Å²) in [4.78, 5) is 43.8. The first-order chi connectivity index (χ1) is 20.7. The van der Waals surface area contributed by atoms with Gasteiger partial charge in [-0.25, -0.2) is 4.79 Å².